The van der Waals surface area contributed by atoms with Gasteiger partial charge in [-0.1, -0.05) is 23.8 Å². The van der Waals surface area contributed by atoms with Gasteiger partial charge in [-0.05, 0) is 37.3 Å². The molecule has 1 aromatic carbocycles. The van der Waals surface area contributed by atoms with Crippen molar-refractivity contribution in [2.45, 2.75) is 38.0 Å². The van der Waals surface area contributed by atoms with E-state index in [1.807, 2.05) is 12.1 Å². The van der Waals surface area contributed by atoms with Crippen LogP contribution in [0.2, 0.25) is 0 Å². The molecule has 3 nitrogen and oxygen atoms in total. The molecule has 2 amide bonds. The first-order valence-electron chi connectivity index (χ1n) is 6.06. The molecule has 1 fully saturated rings. The zero-order chi connectivity index (χ0) is 12.0. The summed E-state index contributed by atoms with van der Waals surface area (Å²) < 4.78 is 0. The van der Waals surface area contributed by atoms with E-state index in [4.69, 9.17) is 0 Å². The molecule has 0 saturated carbocycles. The van der Waals surface area contributed by atoms with Gasteiger partial charge in [-0.3, -0.25) is 14.9 Å². The van der Waals surface area contributed by atoms with E-state index in [2.05, 4.69) is 18.3 Å². The molecule has 1 N–H and O–H groups in total. The number of benzene rings is 1. The molecule has 1 aliphatic heterocycles. The number of hydrogen-bond donors (Lipinski definition) is 1. The van der Waals surface area contributed by atoms with Crippen LogP contribution >= 0.6 is 0 Å². The fraction of sp³-hybridized carbons (Fsp3) is 0.429. The van der Waals surface area contributed by atoms with Gasteiger partial charge < -0.3 is 0 Å². The van der Waals surface area contributed by atoms with Crippen LogP contribution in [0.15, 0.2) is 18.2 Å². The molecule has 0 radical (unpaired) electrons. The number of nitrogens with one attached hydrogen (secondary N) is 1. The third-order valence-electron chi connectivity index (χ3n) is 3.98. The predicted molar refractivity (Wildman–Crippen MR) is 63.6 cm³/mol. The summed E-state index contributed by atoms with van der Waals surface area (Å²) in [5.41, 5.74) is 2.95. The van der Waals surface area contributed by atoms with Gasteiger partial charge >= 0.3 is 0 Å². The van der Waals surface area contributed by atoms with Crippen molar-refractivity contribution in [2.75, 3.05) is 0 Å². The van der Waals surface area contributed by atoms with Crippen LogP contribution in [0.25, 0.3) is 0 Å². The Morgan fingerprint density at radius 3 is 2.82 bits per heavy atom. The molecule has 3 rings (SSSR count). The van der Waals surface area contributed by atoms with Crippen LogP contribution < -0.4 is 5.32 Å². The molecular formula is C14H15NO2. The van der Waals surface area contributed by atoms with Crippen molar-refractivity contribution in [3.05, 3.63) is 34.9 Å². The molecule has 0 bridgehead atoms. The first kappa shape index (κ1) is 10.5. The van der Waals surface area contributed by atoms with Gasteiger partial charge in [0.15, 0.2) is 0 Å². The average Bonchev–Trinajstić information content (AvgIpc) is 2.54. The molecule has 1 spiro atoms. The number of hydrogen-bond acceptors (Lipinski definition) is 2. The van der Waals surface area contributed by atoms with E-state index in [0.717, 1.165) is 24.8 Å². The number of rotatable bonds is 0. The van der Waals surface area contributed by atoms with Gasteiger partial charge in [0.05, 0.1) is 5.41 Å². The molecule has 1 saturated heterocycles. The van der Waals surface area contributed by atoms with Crippen LogP contribution in [-0.2, 0) is 21.4 Å². The predicted octanol–water partition coefficient (Wildman–Crippen LogP) is 1.62. The molecule has 3 heteroatoms. The van der Waals surface area contributed by atoms with E-state index < -0.39 is 5.41 Å². The second-order valence-electron chi connectivity index (χ2n) is 5.15. The lowest BCUT2D eigenvalue weighted by molar-refractivity contribution is -0.126. The molecule has 1 aromatic rings. The fourth-order valence-corrected chi connectivity index (χ4v) is 3.18. The Morgan fingerprint density at radius 1 is 1.29 bits per heavy atom. The highest BCUT2D eigenvalue weighted by atomic mass is 16.2. The number of carbonyl (C=O) groups is 2. The smallest absolute Gasteiger partial charge is 0.237 e. The number of carbonyl (C=O) groups excluding carboxylic acids is 2. The maximum atomic E-state index is 12.1. The second-order valence-corrected chi connectivity index (χ2v) is 5.15. The van der Waals surface area contributed by atoms with E-state index in [9.17, 15) is 9.59 Å². The molecule has 2 aliphatic rings. The van der Waals surface area contributed by atoms with Gasteiger partial charge in [0.1, 0.15) is 0 Å². The minimum absolute atomic E-state index is 0.104. The van der Waals surface area contributed by atoms with Crippen molar-refractivity contribution >= 4 is 11.8 Å². The van der Waals surface area contributed by atoms with Crippen LogP contribution in [0.3, 0.4) is 0 Å². The SMILES string of the molecule is Cc1ccc2c(c1)CCCC21CC(=O)NC1=O. The van der Waals surface area contributed by atoms with E-state index in [1.54, 1.807) is 0 Å². The van der Waals surface area contributed by atoms with Crippen LogP contribution in [0.4, 0.5) is 0 Å². The molecule has 88 valence electrons. The van der Waals surface area contributed by atoms with Crippen LogP contribution in [0.1, 0.15) is 36.0 Å². The van der Waals surface area contributed by atoms with Gasteiger partial charge in [0.2, 0.25) is 11.8 Å². The van der Waals surface area contributed by atoms with E-state index >= 15 is 0 Å². The molecule has 0 aromatic heterocycles. The zero-order valence-electron chi connectivity index (χ0n) is 9.88. The number of fused-ring (bicyclic) bond motifs is 2. The minimum Gasteiger partial charge on any atom is -0.296 e. The number of amides is 2. The average molecular weight is 229 g/mol. The van der Waals surface area contributed by atoms with E-state index in [1.165, 1.54) is 11.1 Å². The Morgan fingerprint density at radius 2 is 2.12 bits per heavy atom. The fourth-order valence-electron chi connectivity index (χ4n) is 3.18. The van der Waals surface area contributed by atoms with Crippen LogP contribution in [-0.4, -0.2) is 11.8 Å². The molecule has 1 heterocycles. The maximum Gasteiger partial charge on any atom is 0.237 e. The molecular weight excluding hydrogens is 214 g/mol. The van der Waals surface area contributed by atoms with Crippen LogP contribution in [0, 0.1) is 6.92 Å². The molecule has 17 heavy (non-hydrogen) atoms. The Kier molecular flexibility index (Phi) is 2.12. The zero-order valence-corrected chi connectivity index (χ0v) is 9.88. The summed E-state index contributed by atoms with van der Waals surface area (Å²) in [6.07, 6.45) is 3.11. The van der Waals surface area contributed by atoms with Crippen molar-refractivity contribution in [1.29, 1.82) is 0 Å². The lowest BCUT2D eigenvalue weighted by Crippen LogP contribution is -2.38. The lowest BCUT2D eigenvalue weighted by Gasteiger charge is -2.32. The third kappa shape index (κ3) is 1.42. The van der Waals surface area contributed by atoms with Gasteiger partial charge in [-0.25, -0.2) is 0 Å². The summed E-state index contributed by atoms with van der Waals surface area (Å²) in [6.45, 7) is 2.06. The summed E-state index contributed by atoms with van der Waals surface area (Å²) in [5.74, 6) is -0.240. The Bertz CT molecular complexity index is 521. The minimum atomic E-state index is -0.571. The Balaban J connectivity index is 2.17. The van der Waals surface area contributed by atoms with Crippen molar-refractivity contribution in [1.82, 2.24) is 5.32 Å². The summed E-state index contributed by atoms with van der Waals surface area (Å²) in [5, 5.41) is 2.45. The summed E-state index contributed by atoms with van der Waals surface area (Å²) in [4.78, 5) is 23.5. The first-order valence-corrected chi connectivity index (χ1v) is 6.06. The Labute approximate surface area is 100 Å². The number of aryl methyl sites for hydroxylation is 2. The van der Waals surface area contributed by atoms with Crippen molar-refractivity contribution in [2.24, 2.45) is 0 Å². The standard InChI is InChI=1S/C14H15NO2/c1-9-4-5-11-10(7-9)3-2-6-14(11)8-12(16)15-13(14)17/h4-5,7H,2-3,6,8H2,1H3,(H,15,16,17). The highest BCUT2D eigenvalue weighted by Gasteiger charge is 2.49. The monoisotopic (exact) mass is 229 g/mol. The first-order chi connectivity index (χ1) is 8.12. The maximum absolute atomic E-state index is 12.1. The summed E-state index contributed by atoms with van der Waals surface area (Å²) >= 11 is 0. The molecule has 1 aliphatic carbocycles. The third-order valence-corrected chi connectivity index (χ3v) is 3.98. The van der Waals surface area contributed by atoms with Crippen LogP contribution in [0.5, 0.6) is 0 Å². The Hall–Kier alpha value is -1.64. The van der Waals surface area contributed by atoms with Gasteiger partial charge in [-0.2, -0.15) is 0 Å². The normalized spacial score (nSPS) is 27.1. The molecule has 1 atom stereocenters. The summed E-state index contributed by atoms with van der Waals surface area (Å²) in [7, 11) is 0. The van der Waals surface area contributed by atoms with Crippen molar-refractivity contribution < 1.29 is 9.59 Å². The molecule has 1 unspecified atom stereocenters. The van der Waals surface area contributed by atoms with Gasteiger partial charge in [-0.15, -0.1) is 0 Å². The highest BCUT2D eigenvalue weighted by molar-refractivity contribution is 6.09. The van der Waals surface area contributed by atoms with Gasteiger partial charge in [0.25, 0.3) is 0 Å². The van der Waals surface area contributed by atoms with Crippen molar-refractivity contribution in [3.8, 4) is 0 Å². The second kappa shape index (κ2) is 3.42. The highest BCUT2D eigenvalue weighted by Crippen LogP contribution is 2.42. The topological polar surface area (TPSA) is 46.2 Å². The quantitative estimate of drug-likeness (QED) is 0.687. The van der Waals surface area contributed by atoms with E-state index in [-0.39, 0.29) is 11.8 Å². The number of imide groups is 1. The van der Waals surface area contributed by atoms with E-state index in [0.29, 0.717) is 6.42 Å². The largest absolute Gasteiger partial charge is 0.296 e. The summed E-state index contributed by atoms with van der Waals surface area (Å²) in [6, 6.07) is 6.20. The lowest BCUT2D eigenvalue weighted by atomic mass is 9.68. The van der Waals surface area contributed by atoms with Gasteiger partial charge in [0, 0.05) is 6.42 Å². The van der Waals surface area contributed by atoms with Crippen molar-refractivity contribution in [3.63, 3.8) is 0 Å².